The second-order valence-corrected chi connectivity index (χ2v) is 5.33. The molecule has 0 unspecified atom stereocenters. The summed E-state index contributed by atoms with van der Waals surface area (Å²) in [5.74, 6) is 0. The molecule has 0 spiro atoms. The second kappa shape index (κ2) is 5.36. The maximum Gasteiger partial charge on any atom is 0.0925 e. The topological polar surface area (TPSA) is 40.7 Å². The highest BCUT2D eigenvalue weighted by Crippen LogP contribution is 2.21. The molecule has 2 rings (SSSR count). The Hall–Kier alpha value is -1.61. The standard InChI is InChI=1S/C15H21N3/c1-12-14(18-11-17-12)9-16-10-15(2,3)13-7-5-4-6-8-13/h4-8,11,16H,9-10H2,1-3H3,(H,17,18). The van der Waals surface area contributed by atoms with Crippen molar-refractivity contribution in [1.29, 1.82) is 0 Å². The van der Waals surface area contributed by atoms with Gasteiger partial charge in [-0.25, -0.2) is 4.98 Å². The van der Waals surface area contributed by atoms with Crippen LogP contribution in [0, 0.1) is 6.92 Å². The molecule has 0 radical (unpaired) electrons. The van der Waals surface area contributed by atoms with Gasteiger partial charge in [-0.1, -0.05) is 44.2 Å². The third kappa shape index (κ3) is 2.99. The molecule has 18 heavy (non-hydrogen) atoms. The van der Waals surface area contributed by atoms with Crippen LogP contribution in [0.15, 0.2) is 36.7 Å². The van der Waals surface area contributed by atoms with Gasteiger partial charge in [-0.3, -0.25) is 0 Å². The minimum Gasteiger partial charge on any atom is -0.348 e. The van der Waals surface area contributed by atoms with Crippen LogP contribution in [0.1, 0.15) is 30.8 Å². The maximum absolute atomic E-state index is 4.29. The summed E-state index contributed by atoms with van der Waals surface area (Å²) in [7, 11) is 0. The quantitative estimate of drug-likeness (QED) is 0.847. The molecule has 1 aromatic heterocycles. The molecule has 0 saturated carbocycles. The van der Waals surface area contributed by atoms with E-state index in [1.807, 2.05) is 6.92 Å². The maximum atomic E-state index is 4.29. The number of hydrogen-bond acceptors (Lipinski definition) is 2. The molecule has 2 aromatic rings. The molecule has 3 heteroatoms. The fraction of sp³-hybridized carbons (Fsp3) is 0.400. The summed E-state index contributed by atoms with van der Waals surface area (Å²) in [6.07, 6.45) is 1.74. The van der Waals surface area contributed by atoms with Gasteiger partial charge < -0.3 is 10.3 Å². The summed E-state index contributed by atoms with van der Waals surface area (Å²) < 4.78 is 0. The largest absolute Gasteiger partial charge is 0.348 e. The number of aromatic nitrogens is 2. The van der Waals surface area contributed by atoms with Crippen LogP contribution in [0.3, 0.4) is 0 Å². The number of aromatic amines is 1. The predicted molar refractivity (Wildman–Crippen MR) is 74.5 cm³/mol. The third-order valence-corrected chi connectivity index (χ3v) is 3.35. The summed E-state index contributed by atoms with van der Waals surface area (Å²) in [4.78, 5) is 7.39. The first-order chi connectivity index (χ1) is 8.59. The number of hydrogen-bond donors (Lipinski definition) is 2. The molecule has 1 aromatic carbocycles. The number of nitrogens with one attached hydrogen (secondary N) is 2. The molecular formula is C15H21N3. The van der Waals surface area contributed by atoms with E-state index in [9.17, 15) is 0 Å². The van der Waals surface area contributed by atoms with E-state index < -0.39 is 0 Å². The average Bonchev–Trinajstić information content (AvgIpc) is 2.76. The normalized spacial score (nSPS) is 11.7. The van der Waals surface area contributed by atoms with Crippen molar-refractivity contribution < 1.29 is 0 Å². The highest BCUT2D eigenvalue weighted by atomic mass is 14.9. The second-order valence-electron chi connectivity index (χ2n) is 5.33. The number of benzene rings is 1. The third-order valence-electron chi connectivity index (χ3n) is 3.35. The van der Waals surface area contributed by atoms with Crippen molar-refractivity contribution in [2.75, 3.05) is 6.54 Å². The summed E-state index contributed by atoms with van der Waals surface area (Å²) >= 11 is 0. The Labute approximate surface area is 109 Å². The molecule has 0 aliphatic carbocycles. The molecule has 0 fully saturated rings. The lowest BCUT2D eigenvalue weighted by molar-refractivity contribution is 0.467. The number of imidazole rings is 1. The van der Waals surface area contributed by atoms with Crippen LogP contribution in [-0.4, -0.2) is 16.5 Å². The Kier molecular flexibility index (Phi) is 3.82. The van der Waals surface area contributed by atoms with Gasteiger partial charge in [0.25, 0.3) is 0 Å². The van der Waals surface area contributed by atoms with E-state index in [1.165, 1.54) is 5.56 Å². The van der Waals surface area contributed by atoms with Crippen molar-refractivity contribution in [3.63, 3.8) is 0 Å². The van der Waals surface area contributed by atoms with E-state index in [4.69, 9.17) is 0 Å². The average molecular weight is 243 g/mol. The molecule has 0 amide bonds. The smallest absolute Gasteiger partial charge is 0.0925 e. The monoisotopic (exact) mass is 243 g/mol. The van der Waals surface area contributed by atoms with Gasteiger partial charge >= 0.3 is 0 Å². The van der Waals surface area contributed by atoms with E-state index >= 15 is 0 Å². The molecule has 0 saturated heterocycles. The molecule has 1 heterocycles. The SMILES string of the molecule is Cc1[nH]cnc1CNCC(C)(C)c1ccccc1. The molecule has 0 aliphatic rings. The van der Waals surface area contributed by atoms with Crippen molar-refractivity contribution in [2.45, 2.75) is 32.7 Å². The van der Waals surface area contributed by atoms with Crippen LogP contribution in [-0.2, 0) is 12.0 Å². The van der Waals surface area contributed by atoms with Crippen LogP contribution >= 0.6 is 0 Å². The fourth-order valence-electron chi connectivity index (χ4n) is 2.05. The van der Waals surface area contributed by atoms with Gasteiger partial charge in [0.05, 0.1) is 12.0 Å². The molecule has 0 atom stereocenters. The zero-order valence-corrected chi connectivity index (χ0v) is 11.3. The van der Waals surface area contributed by atoms with E-state index in [2.05, 4.69) is 59.5 Å². The lowest BCUT2D eigenvalue weighted by Gasteiger charge is -2.25. The predicted octanol–water partition coefficient (Wildman–Crippen LogP) is 2.79. The van der Waals surface area contributed by atoms with Gasteiger partial charge in [0.2, 0.25) is 0 Å². The number of rotatable bonds is 5. The molecule has 2 N–H and O–H groups in total. The molecule has 96 valence electrons. The van der Waals surface area contributed by atoms with Crippen molar-refractivity contribution in [1.82, 2.24) is 15.3 Å². The zero-order chi connectivity index (χ0) is 13.0. The summed E-state index contributed by atoms with van der Waals surface area (Å²) in [5, 5.41) is 3.48. The molecule has 0 bridgehead atoms. The molecule has 3 nitrogen and oxygen atoms in total. The first-order valence-electron chi connectivity index (χ1n) is 6.35. The Morgan fingerprint density at radius 1 is 1.22 bits per heavy atom. The van der Waals surface area contributed by atoms with Crippen LogP contribution < -0.4 is 5.32 Å². The highest BCUT2D eigenvalue weighted by molar-refractivity contribution is 5.24. The summed E-state index contributed by atoms with van der Waals surface area (Å²) in [5.41, 5.74) is 3.72. The first kappa shape index (κ1) is 12.8. The molecular weight excluding hydrogens is 222 g/mol. The Bertz CT molecular complexity index is 485. The first-order valence-corrected chi connectivity index (χ1v) is 6.35. The number of H-pyrrole nitrogens is 1. The van der Waals surface area contributed by atoms with Crippen molar-refractivity contribution >= 4 is 0 Å². The Morgan fingerprint density at radius 3 is 2.56 bits per heavy atom. The lowest BCUT2D eigenvalue weighted by Crippen LogP contribution is -2.32. The van der Waals surface area contributed by atoms with E-state index in [-0.39, 0.29) is 5.41 Å². The fourth-order valence-corrected chi connectivity index (χ4v) is 2.05. The number of aryl methyl sites for hydroxylation is 1. The Balaban J connectivity index is 1.92. The summed E-state index contributed by atoms with van der Waals surface area (Å²) in [6, 6.07) is 10.6. The lowest BCUT2D eigenvalue weighted by atomic mass is 9.84. The minimum absolute atomic E-state index is 0.130. The highest BCUT2D eigenvalue weighted by Gasteiger charge is 2.19. The van der Waals surface area contributed by atoms with E-state index in [1.54, 1.807) is 6.33 Å². The van der Waals surface area contributed by atoms with Crippen molar-refractivity contribution in [3.8, 4) is 0 Å². The van der Waals surface area contributed by atoms with E-state index in [0.29, 0.717) is 0 Å². The van der Waals surface area contributed by atoms with Crippen LogP contribution in [0.2, 0.25) is 0 Å². The Morgan fingerprint density at radius 2 is 1.94 bits per heavy atom. The van der Waals surface area contributed by atoms with Crippen LogP contribution in [0.4, 0.5) is 0 Å². The van der Waals surface area contributed by atoms with Gasteiger partial charge in [-0.15, -0.1) is 0 Å². The summed E-state index contributed by atoms with van der Waals surface area (Å²) in [6.45, 7) is 8.31. The molecule has 0 aliphatic heterocycles. The van der Waals surface area contributed by atoms with E-state index in [0.717, 1.165) is 24.5 Å². The van der Waals surface area contributed by atoms with Gasteiger partial charge in [0, 0.05) is 24.2 Å². The zero-order valence-electron chi connectivity index (χ0n) is 11.3. The van der Waals surface area contributed by atoms with Crippen molar-refractivity contribution in [2.24, 2.45) is 0 Å². The number of nitrogens with zero attached hydrogens (tertiary/aromatic N) is 1. The minimum atomic E-state index is 0.130. The van der Waals surface area contributed by atoms with Crippen LogP contribution in [0.25, 0.3) is 0 Å². The van der Waals surface area contributed by atoms with Gasteiger partial charge in [-0.2, -0.15) is 0 Å². The van der Waals surface area contributed by atoms with Crippen LogP contribution in [0.5, 0.6) is 0 Å². The van der Waals surface area contributed by atoms with Crippen molar-refractivity contribution in [3.05, 3.63) is 53.6 Å². The van der Waals surface area contributed by atoms with Gasteiger partial charge in [0.1, 0.15) is 0 Å². The van der Waals surface area contributed by atoms with Gasteiger partial charge in [0.15, 0.2) is 0 Å². The van der Waals surface area contributed by atoms with Gasteiger partial charge in [-0.05, 0) is 12.5 Å².